The number of methoxy groups -OCH3 is 1. The SMILES string of the molecule is CN=CC(=CN)c1ccc(C2CCN(C(=O)c3ccc(C)c(NC(=O)c4ccc(OC)c(O)c4)c3)CC2)cc1. The second kappa shape index (κ2) is 12.3. The number of phenolic OH excluding ortho intramolecular Hbond substituents is 1. The maximum Gasteiger partial charge on any atom is 0.255 e. The number of aliphatic imine (C=N–C) groups is 1. The van der Waals surface area contributed by atoms with Gasteiger partial charge in [-0.25, -0.2) is 0 Å². The molecule has 3 aromatic rings. The molecule has 39 heavy (non-hydrogen) atoms. The van der Waals surface area contributed by atoms with Crippen LogP contribution >= 0.6 is 0 Å². The van der Waals surface area contributed by atoms with Crippen molar-refractivity contribution < 1.29 is 19.4 Å². The number of nitrogens with one attached hydrogen (secondary N) is 1. The lowest BCUT2D eigenvalue weighted by atomic mass is 9.88. The molecule has 8 heteroatoms. The van der Waals surface area contributed by atoms with Crippen molar-refractivity contribution in [1.82, 2.24) is 4.90 Å². The number of ether oxygens (including phenoxy) is 1. The van der Waals surface area contributed by atoms with Crippen LogP contribution in [0.15, 0.2) is 71.9 Å². The van der Waals surface area contributed by atoms with Gasteiger partial charge in [0.1, 0.15) is 0 Å². The lowest BCUT2D eigenvalue weighted by molar-refractivity contribution is 0.0712. The van der Waals surface area contributed by atoms with E-state index in [1.165, 1.54) is 24.8 Å². The fourth-order valence-electron chi connectivity index (χ4n) is 4.81. The van der Waals surface area contributed by atoms with Crippen molar-refractivity contribution in [3.05, 3.63) is 94.7 Å². The van der Waals surface area contributed by atoms with Crippen molar-refractivity contribution in [3.63, 3.8) is 0 Å². The molecule has 0 aliphatic carbocycles. The Morgan fingerprint density at radius 1 is 1.03 bits per heavy atom. The number of nitrogens with zero attached hydrogens (tertiary/aromatic N) is 2. The van der Waals surface area contributed by atoms with Gasteiger partial charge in [0.2, 0.25) is 0 Å². The number of likely N-dealkylation sites (tertiary alicyclic amines) is 1. The first-order chi connectivity index (χ1) is 18.8. The van der Waals surface area contributed by atoms with E-state index in [0.29, 0.717) is 30.3 Å². The minimum atomic E-state index is -0.386. The van der Waals surface area contributed by atoms with Crippen LogP contribution in [0, 0.1) is 6.92 Å². The molecule has 2 amide bonds. The summed E-state index contributed by atoms with van der Waals surface area (Å²) in [5.41, 5.74) is 11.1. The standard InChI is InChI=1S/C31H34N4O4/c1-20-4-5-25(16-27(20)34-30(37)24-10-11-29(39-3)28(36)17-24)31(38)35-14-12-23(13-15-35)21-6-8-22(9-7-21)26(18-32)19-33-2/h4-11,16-19,23,36H,12-15,32H2,1-3H3,(H,34,37). The van der Waals surface area contributed by atoms with Gasteiger partial charge < -0.3 is 25.8 Å². The molecule has 4 N–H and O–H groups in total. The first kappa shape index (κ1) is 27.4. The van der Waals surface area contributed by atoms with Crippen molar-refractivity contribution in [1.29, 1.82) is 0 Å². The molecule has 0 saturated carbocycles. The van der Waals surface area contributed by atoms with E-state index in [1.807, 2.05) is 17.9 Å². The molecule has 3 aromatic carbocycles. The van der Waals surface area contributed by atoms with Gasteiger partial charge in [-0.05, 0) is 72.7 Å². The summed E-state index contributed by atoms with van der Waals surface area (Å²) < 4.78 is 5.04. The summed E-state index contributed by atoms with van der Waals surface area (Å²) in [6, 6.07) is 18.2. The van der Waals surface area contributed by atoms with Crippen LogP contribution in [0.1, 0.15) is 56.2 Å². The van der Waals surface area contributed by atoms with Crippen LogP contribution in [-0.2, 0) is 0 Å². The van der Waals surface area contributed by atoms with Gasteiger partial charge in [0.05, 0.1) is 7.11 Å². The maximum atomic E-state index is 13.3. The Balaban J connectivity index is 1.40. The number of nitrogens with two attached hydrogens (primary N) is 1. The van der Waals surface area contributed by atoms with E-state index in [-0.39, 0.29) is 28.9 Å². The Kier molecular flexibility index (Phi) is 8.66. The normalized spacial score (nSPS) is 14.4. The number of benzene rings is 3. The molecule has 1 aliphatic rings. The van der Waals surface area contributed by atoms with Crippen molar-refractivity contribution in [2.24, 2.45) is 10.7 Å². The van der Waals surface area contributed by atoms with Crippen LogP contribution in [0.5, 0.6) is 11.5 Å². The number of piperidine rings is 1. The molecule has 1 aliphatic heterocycles. The molecule has 4 rings (SSSR count). The Morgan fingerprint density at radius 3 is 2.31 bits per heavy atom. The Morgan fingerprint density at radius 2 is 1.69 bits per heavy atom. The molecule has 1 fully saturated rings. The van der Waals surface area contributed by atoms with E-state index in [9.17, 15) is 14.7 Å². The van der Waals surface area contributed by atoms with Crippen LogP contribution in [0.25, 0.3) is 5.57 Å². The number of allylic oxidation sites excluding steroid dienone is 1. The van der Waals surface area contributed by atoms with Gasteiger partial charge in [-0.3, -0.25) is 14.6 Å². The van der Waals surface area contributed by atoms with Crippen LogP contribution in [0.2, 0.25) is 0 Å². The van der Waals surface area contributed by atoms with E-state index in [4.69, 9.17) is 10.5 Å². The van der Waals surface area contributed by atoms with Crippen LogP contribution in [0.4, 0.5) is 5.69 Å². The number of aromatic hydroxyl groups is 1. The average molecular weight is 527 g/mol. The van der Waals surface area contributed by atoms with E-state index in [0.717, 1.165) is 29.5 Å². The molecule has 1 heterocycles. The monoisotopic (exact) mass is 526 g/mol. The van der Waals surface area contributed by atoms with Crippen molar-refractivity contribution >= 4 is 29.3 Å². The highest BCUT2D eigenvalue weighted by atomic mass is 16.5. The first-order valence-electron chi connectivity index (χ1n) is 12.9. The second-order valence-electron chi connectivity index (χ2n) is 9.57. The first-order valence-corrected chi connectivity index (χ1v) is 12.9. The fourth-order valence-corrected chi connectivity index (χ4v) is 4.81. The number of amides is 2. The number of hydrogen-bond acceptors (Lipinski definition) is 6. The number of rotatable bonds is 7. The van der Waals surface area contributed by atoms with E-state index in [2.05, 4.69) is 34.6 Å². The summed E-state index contributed by atoms with van der Waals surface area (Å²) in [4.78, 5) is 32.1. The highest BCUT2D eigenvalue weighted by Crippen LogP contribution is 2.31. The highest BCUT2D eigenvalue weighted by molar-refractivity contribution is 6.09. The van der Waals surface area contributed by atoms with Crippen LogP contribution in [0.3, 0.4) is 0 Å². The smallest absolute Gasteiger partial charge is 0.255 e. The molecule has 0 spiro atoms. The summed E-state index contributed by atoms with van der Waals surface area (Å²) in [6.45, 7) is 3.18. The highest BCUT2D eigenvalue weighted by Gasteiger charge is 2.25. The number of aryl methyl sites for hydroxylation is 1. The van der Waals surface area contributed by atoms with Gasteiger partial charge in [0, 0.05) is 54.9 Å². The molecule has 8 nitrogen and oxygen atoms in total. The third kappa shape index (κ3) is 6.29. The molecule has 0 aromatic heterocycles. The predicted octanol–water partition coefficient (Wildman–Crippen LogP) is 4.98. The maximum absolute atomic E-state index is 13.3. The van der Waals surface area contributed by atoms with Crippen molar-refractivity contribution in [2.75, 3.05) is 32.6 Å². The quantitative estimate of drug-likeness (QED) is 0.375. The van der Waals surface area contributed by atoms with Crippen LogP contribution in [-0.4, -0.2) is 55.3 Å². The third-order valence-electron chi connectivity index (χ3n) is 7.12. The minimum absolute atomic E-state index is 0.0574. The zero-order valence-electron chi connectivity index (χ0n) is 22.5. The van der Waals surface area contributed by atoms with Crippen molar-refractivity contribution in [3.8, 4) is 11.5 Å². The summed E-state index contributed by atoms with van der Waals surface area (Å²) in [5.74, 6) is 0.104. The van der Waals surface area contributed by atoms with E-state index in [1.54, 1.807) is 37.7 Å². The van der Waals surface area contributed by atoms with Gasteiger partial charge >= 0.3 is 0 Å². The summed E-state index contributed by atoms with van der Waals surface area (Å²) in [7, 11) is 3.16. The Labute approximate surface area is 228 Å². The minimum Gasteiger partial charge on any atom is -0.504 e. The van der Waals surface area contributed by atoms with Gasteiger partial charge in [-0.1, -0.05) is 30.3 Å². The van der Waals surface area contributed by atoms with Gasteiger partial charge in [0.25, 0.3) is 11.8 Å². The number of anilines is 1. The molecule has 202 valence electrons. The molecular formula is C31H34N4O4. The van der Waals surface area contributed by atoms with Crippen LogP contribution < -0.4 is 15.8 Å². The topological polar surface area (TPSA) is 117 Å². The number of carbonyl (C=O) groups is 2. The number of phenols is 1. The van der Waals surface area contributed by atoms with E-state index >= 15 is 0 Å². The summed E-state index contributed by atoms with van der Waals surface area (Å²) >= 11 is 0. The molecule has 0 bridgehead atoms. The molecule has 0 radical (unpaired) electrons. The molecule has 1 saturated heterocycles. The largest absolute Gasteiger partial charge is 0.504 e. The van der Waals surface area contributed by atoms with Crippen molar-refractivity contribution in [2.45, 2.75) is 25.7 Å². The lowest BCUT2D eigenvalue weighted by Gasteiger charge is -2.32. The Bertz CT molecular complexity index is 1400. The second-order valence-corrected chi connectivity index (χ2v) is 9.57. The fraction of sp³-hybridized carbons (Fsp3) is 0.258. The predicted molar refractivity (Wildman–Crippen MR) is 155 cm³/mol. The zero-order chi connectivity index (χ0) is 27.9. The summed E-state index contributed by atoms with van der Waals surface area (Å²) in [5, 5.41) is 12.9. The number of carbonyl (C=O) groups excluding carboxylic acids is 2. The third-order valence-corrected chi connectivity index (χ3v) is 7.12. The van der Waals surface area contributed by atoms with Gasteiger partial charge in [-0.2, -0.15) is 0 Å². The van der Waals surface area contributed by atoms with E-state index < -0.39 is 0 Å². The molecule has 0 unspecified atom stereocenters. The molecular weight excluding hydrogens is 492 g/mol. The zero-order valence-corrected chi connectivity index (χ0v) is 22.5. The average Bonchev–Trinajstić information content (AvgIpc) is 2.96. The van der Waals surface area contributed by atoms with Gasteiger partial charge in [-0.15, -0.1) is 0 Å². The lowest BCUT2D eigenvalue weighted by Crippen LogP contribution is -2.38. The Hall–Kier alpha value is -4.59. The van der Waals surface area contributed by atoms with Gasteiger partial charge in [0.15, 0.2) is 11.5 Å². The molecule has 0 atom stereocenters. The number of hydrogen-bond donors (Lipinski definition) is 3. The summed E-state index contributed by atoms with van der Waals surface area (Å²) in [6.07, 6.45) is 5.04.